The van der Waals surface area contributed by atoms with E-state index < -0.39 is 17.6 Å². The molecule has 4 rings (SSSR count). The number of nitrogens with zero attached hydrogens (tertiary/aromatic N) is 6. The van der Waals surface area contributed by atoms with Gasteiger partial charge in [-0.15, -0.1) is 0 Å². The molecule has 0 atom stereocenters. The van der Waals surface area contributed by atoms with Crippen molar-refractivity contribution < 1.29 is 18.0 Å². The Balaban J connectivity index is 1.45. The second kappa shape index (κ2) is 8.01. The Morgan fingerprint density at radius 3 is 2.32 bits per heavy atom. The summed E-state index contributed by atoms with van der Waals surface area (Å²) in [4.78, 5) is 29.3. The lowest BCUT2D eigenvalue weighted by Gasteiger charge is -2.35. The van der Waals surface area contributed by atoms with Gasteiger partial charge in [0, 0.05) is 43.5 Å². The van der Waals surface area contributed by atoms with Gasteiger partial charge in [0.15, 0.2) is 0 Å². The van der Waals surface area contributed by atoms with E-state index in [0.717, 1.165) is 29.3 Å². The van der Waals surface area contributed by atoms with Crippen LogP contribution in [0.25, 0.3) is 5.82 Å². The van der Waals surface area contributed by atoms with Crippen LogP contribution >= 0.6 is 0 Å². The summed E-state index contributed by atoms with van der Waals surface area (Å²) in [5.74, 6) is 1.02. The van der Waals surface area contributed by atoms with E-state index in [0.29, 0.717) is 32.0 Å². The Bertz CT molecular complexity index is 1100. The van der Waals surface area contributed by atoms with Gasteiger partial charge in [0.1, 0.15) is 24.3 Å². The molecule has 0 saturated carbocycles. The molecule has 162 valence electrons. The van der Waals surface area contributed by atoms with Gasteiger partial charge in [-0.2, -0.15) is 13.2 Å². The number of halogens is 3. The van der Waals surface area contributed by atoms with Gasteiger partial charge in [0.25, 0.3) is 5.91 Å². The van der Waals surface area contributed by atoms with E-state index in [4.69, 9.17) is 0 Å². The zero-order valence-electron chi connectivity index (χ0n) is 17.1. The highest BCUT2D eigenvalue weighted by Crippen LogP contribution is 2.30. The number of amides is 1. The van der Waals surface area contributed by atoms with E-state index in [-0.39, 0.29) is 5.56 Å². The fraction of sp³-hybridized carbons (Fsp3) is 0.333. The highest BCUT2D eigenvalue weighted by atomic mass is 19.4. The summed E-state index contributed by atoms with van der Waals surface area (Å²) in [5.41, 5.74) is 1.12. The standard InChI is InChI=1S/C21H21F3N6O/c1-14-15(2)30(13-27-14)19-11-18(25-12-26-19)28-6-8-29(9-7-28)20(31)16-4-3-5-17(10-16)21(22,23)24/h3-5,10-13H,6-9H2,1-2H3. The molecular weight excluding hydrogens is 409 g/mol. The van der Waals surface area contributed by atoms with Crippen molar-refractivity contribution >= 4 is 11.7 Å². The van der Waals surface area contributed by atoms with Crippen LogP contribution in [0.2, 0.25) is 0 Å². The van der Waals surface area contributed by atoms with E-state index in [2.05, 4.69) is 15.0 Å². The fourth-order valence-electron chi connectivity index (χ4n) is 3.52. The first-order valence-corrected chi connectivity index (χ1v) is 9.78. The van der Waals surface area contributed by atoms with Crippen molar-refractivity contribution in [1.82, 2.24) is 24.4 Å². The van der Waals surface area contributed by atoms with Crippen molar-refractivity contribution in [2.45, 2.75) is 20.0 Å². The van der Waals surface area contributed by atoms with E-state index in [1.807, 2.05) is 29.4 Å². The average Bonchev–Trinajstić information content (AvgIpc) is 3.11. The van der Waals surface area contributed by atoms with Gasteiger partial charge in [0.05, 0.1) is 11.3 Å². The second-order valence-electron chi connectivity index (χ2n) is 7.38. The largest absolute Gasteiger partial charge is 0.416 e. The lowest BCUT2D eigenvalue weighted by molar-refractivity contribution is -0.137. The summed E-state index contributed by atoms with van der Waals surface area (Å²) in [6.45, 7) is 5.69. The molecule has 3 aromatic rings. The van der Waals surface area contributed by atoms with Crippen LogP contribution in [0.1, 0.15) is 27.3 Å². The Morgan fingerprint density at radius 1 is 0.968 bits per heavy atom. The van der Waals surface area contributed by atoms with Gasteiger partial charge in [-0.1, -0.05) is 6.07 Å². The van der Waals surface area contributed by atoms with Crippen LogP contribution in [-0.4, -0.2) is 56.5 Å². The first-order valence-electron chi connectivity index (χ1n) is 9.78. The first kappa shape index (κ1) is 20.8. The van der Waals surface area contributed by atoms with Crippen molar-refractivity contribution in [3.63, 3.8) is 0 Å². The number of anilines is 1. The van der Waals surface area contributed by atoms with Gasteiger partial charge >= 0.3 is 6.18 Å². The van der Waals surface area contributed by atoms with E-state index >= 15 is 0 Å². The van der Waals surface area contributed by atoms with Gasteiger partial charge in [-0.05, 0) is 32.0 Å². The predicted octanol–water partition coefficient (Wildman–Crippen LogP) is 3.26. The topological polar surface area (TPSA) is 67.2 Å². The van der Waals surface area contributed by atoms with Crippen LogP contribution in [0.4, 0.5) is 19.0 Å². The van der Waals surface area contributed by atoms with Crippen LogP contribution in [-0.2, 0) is 6.18 Å². The van der Waals surface area contributed by atoms with Gasteiger partial charge in [0.2, 0.25) is 0 Å². The molecule has 0 N–H and O–H groups in total. The predicted molar refractivity (Wildman–Crippen MR) is 108 cm³/mol. The van der Waals surface area contributed by atoms with Crippen molar-refractivity contribution in [1.29, 1.82) is 0 Å². The van der Waals surface area contributed by atoms with Crippen molar-refractivity contribution in [3.05, 3.63) is 65.5 Å². The summed E-state index contributed by atoms with van der Waals surface area (Å²) in [6.07, 6.45) is -1.28. The lowest BCUT2D eigenvalue weighted by atomic mass is 10.1. The van der Waals surface area contributed by atoms with Gasteiger partial charge < -0.3 is 9.80 Å². The summed E-state index contributed by atoms with van der Waals surface area (Å²) >= 11 is 0. The molecule has 1 amide bonds. The number of aryl methyl sites for hydroxylation is 1. The maximum atomic E-state index is 12.9. The normalized spacial score (nSPS) is 14.7. The number of piperazine rings is 1. The van der Waals surface area contributed by atoms with Crippen molar-refractivity contribution in [3.8, 4) is 5.82 Å². The maximum Gasteiger partial charge on any atom is 0.416 e. The third-order valence-electron chi connectivity index (χ3n) is 5.46. The molecule has 0 bridgehead atoms. The molecule has 0 radical (unpaired) electrons. The molecule has 1 aromatic carbocycles. The summed E-state index contributed by atoms with van der Waals surface area (Å²) in [6, 6.07) is 6.40. The Morgan fingerprint density at radius 2 is 1.68 bits per heavy atom. The number of hydrogen-bond acceptors (Lipinski definition) is 5. The molecule has 1 saturated heterocycles. The quantitative estimate of drug-likeness (QED) is 0.638. The minimum atomic E-state index is -4.48. The second-order valence-corrected chi connectivity index (χ2v) is 7.38. The van der Waals surface area contributed by atoms with Crippen LogP contribution < -0.4 is 4.90 Å². The molecule has 3 heterocycles. The molecule has 7 nitrogen and oxygen atoms in total. The molecule has 2 aromatic heterocycles. The Kier molecular flexibility index (Phi) is 5.38. The van der Waals surface area contributed by atoms with E-state index in [1.165, 1.54) is 18.5 Å². The molecule has 10 heteroatoms. The first-order chi connectivity index (χ1) is 14.7. The summed E-state index contributed by atoms with van der Waals surface area (Å²) in [5, 5.41) is 0. The molecular formula is C21H21F3N6O. The zero-order valence-corrected chi connectivity index (χ0v) is 17.1. The molecule has 0 unspecified atom stereocenters. The third kappa shape index (κ3) is 4.23. The zero-order chi connectivity index (χ0) is 22.2. The maximum absolute atomic E-state index is 12.9. The highest BCUT2D eigenvalue weighted by molar-refractivity contribution is 5.94. The van der Waals surface area contributed by atoms with Crippen molar-refractivity contribution in [2.24, 2.45) is 0 Å². The van der Waals surface area contributed by atoms with Crippen LogP contribution in [0.15, 0.2) is 43.0 Å². The number of aromatic nitrogens is 4. The Labute approximate surface area is 177 Å². The third-order valence-corrected chi connectivity index (χ3v) is 5.46. The van der Waals surface area contributed by atoms with Crippen LogP contribution in [0.5, 0.6) is 0 Å². The average molecular weight is 430 g/mol. The number of carbonyl (C=O) groups is 1. The number of alkyl halides is 3. The highest BCUT2D eigenvalue weighted by Gasteiger charge is 2.31. The van der Waals surface area contributed by atoms with Crippen LogP contribution in [0.3, 0.4) is 0 Å². The minimum absolute atomic E-state index is 0.0403. The van der Waals surface area contributed by atoms with Gasteiger partial charge in [-0.25, -0.2) is 15.0 Å². The number of benzene rings is 1. The number of carbonyl (C=O) groups excluding carboxylic acids is 1. The number of imidazole rings is 1. The molecule has 31 heavy (non-hydrogen) atoms. The van der Waals surface area contributed by atoms with Crippen molar-refractivity contribution in [2.75, 3.05) is 31.1 Å². The fourth-order valence-corrected chi connectivity index (χ4v) is 3.52. The summed E-state index contributed by atoms with van der Waals surface area (Å²) in [7, 11) is 0. The molecule has 1 aliphatic heterocycles. The molecule has 0 aliphatic carbocycles. The number of hydrogen-bond donors (Lipinski definition) is 0. The van der Waals surface area contributed by atoms with E-state index in [1.54, 1.807) is 11.2 Å². The monoisotopic (exact) mass is 430 g/mol. The molecule has 1 fully saturated rings. The van der Waals surface area contributed by atoms with Gasteiger partial charge in [-0.3, -0.25) is 9.36 Å². The summed E-state index contributed by atoms with van der Waals surface area (Å²) < 4.78 is 40.7. The van der Waals surface area contributed by atoms with E-state index in [9.17, 15) is 18.0 Å². The van der Waals surface area contributed by atoms with Crippen LogP contribution in [0, 0.1) is 13.8 Å². The molecule has 0 spiro atoms. The Hall–Kier alpha value is -3.43. The smallest absolute Gasteiger partial charge is 0.353 e. The number of rotatable bonds is 3. The lowest BCUT2D eigenvalue weighted by Crippen LogP contribution is -2.49. The molecule has 1 aliphatic rings. The SMILES string of the molecule is Cc1ncn(-c2cc(N3CCN(C(=O)c4cccc(C(F)(F)F)c4)CC3)ncn2)c1C. The minimum Gasteiger partial charge on any atom is -0.353 e.